The maximum Gasteiger partial charge on any atom is 0.326 e. The van der Waals surface area contributed by atoms with Crippen LogP contribution in [0.1, 0.15) is 26.2 Å². The molecule has 0 spiro atoms. The molecule has 0 aliphatic carbocycles. The fourth-order valence-corrected chi connectivity index (χ4v) is 2.49. The Balaban J connectivity index is 2.74. The summed E-state index contributed by atoms with van der Waals surface area (Å²) in [6.07, 6.45) is 1.20. The summed E-state index contributed by atoms with van der Waals surface area (Å²) in [5.74, 6) is -2.02. The Labute approximate surface area is 124 Å². The second kappa shape index (κ2) is 7.82. The molecule has 0 aromatic carbocycles. The third kappa shape index (κ3) is 5.22. The number of amides is 3. The number of rotatable bonds is 5. The SMILES string of the molecule is CCC1CN(C)CCCN1C(=O)N[C@@H](CC(N)=O)C(=O)O. The van der Waals surface area contributed by atoms with Gasteiger partial charge in [0.15, 0.2) is 0 Å². The Morgan fingerprint density at radius 3 is 2.57 bits per heavy atom. The molecule has 0 saturated carbocycles. The molecule has 0 aromatic rings. The van der Waals surface area contributed by atoms with Crippen LogP contribution in [0.2, 0.25) is 0 Å². The molecule has 0 bridgehead atoms. The minimum atomic E-state index is -1.28. The summed E-state index contributed by atoms with van der Waals surface area (Å²) >= 11 is 0. The molecule has 0 aromatic heterocycles. The maximum atomic E-state index is 12.3. The molecule has 1 aliphatic heterocycles. The number of hydrogen-bond donors (Lipinski definition) is 3. The molecule has 3 amide bonds. The van der Waals surface area contributed by atoms with Gasteiger partial charge in [0.2, 0.25) is 5.91 Å². The predicted molar refractivity (Wildman–Crippen MR) is 76.7 cm³/mol. The van der Waals surface area contributed by atoms with Gasteiger partial charge in [0.05, 0.1) is 6.42 Å². The number of carbonyl (C=O) groups is 3. The van der Waals surface area contributed by atoms with Crippen molar-refractivity contribution in [3.8, 4) is 0 Å². The van der Waals surface area contributed by atoms with Crippen LogP contribution in [0.3, 0.4) is 0 Å². The molecule has 4 N–H and O–H groups in total. The van der Waals surface area contributed by atoms with Gasteiger partial charge < -0.3 is 26.0 Å². The van der Waals surface area contributed by atoms with Crippen LogP contribution < -0.4 is 11.1 Å². The van der Waals surface area contributed by atoms with Crippen LogP contribution >= 0.6 is 0 Å². The van der Waals surface area contributed by atoms with Gasteiger partial charge in [-0.25, -0.2) is 9.59 Å². The zero-order valence-electron chi connectivity index (χ0n) is 12.5. The molecule has 1 rings (SSSR count). The number of hydrogen-bond acceptors (Lipinski definition) is 4. The highest BCUT2D eigenvalue weighted by molar-refractivity contribution is 5.87. The molecular weight excluding hydrogens is 276 g/mol. The van der Waals surface area contributed by atoms with Crippen molar-refractivity contribution in [2.24, 2.45) is 5.73 Å². The average molecular weight is 300 g/mol. The van der Waals surface area contributed by atoms with Gasteiger partial charge >= 0.3 is 12.0 Å². The Hall–Kier alpha value is -1.83. The van der Waals surface area contributed by atoms with E-state index in [2.05, 4.69) is 10.2 Å². The van der Waals surface area contributed by atoms with Gasteiger partial charge in [-0.3, -0.25) is 4.79 Å². The number of aliphatic carboxylic acids is 1. The first-order chi connectivity index (χ1) is 9.85. The van der Waals surface area contributed by atoms with E-state index in [-0.39, 0.29) is 6.04 Å². The van der Waals surface area contributed by atoms with Crippen LogP contribution in [0.5, 0.6) is 0 Å². The summed E-state index contributed by atoms with van der Waals surface area (Å²) in [7, 11) is 2.00. The first kappa shape index (κ1) is 17.2. The zero-order chi connectivity index (χ0) is 16.0. The van der Waals surface area contributed by atoms with E-state index in [9.17, 15) is 14.4 Å². The van der Waals surface area contributed by atoms with Crippen molar-refractivity contribution in [1.82, 2.24) is 15.1 Å². The topological polar surface area (TPSA) is 116 Å². The number of carbonyl (C=O) groups excluding carboxylic acids is 2. The van der Waals surface area contributed by atoms with Crippen molar-refractivity contribution in [3.05, 3.63) is 0 Å². The maximum absolute atomic E-state index is 12.3. The highest BCUT2D eigenvalue weighted by Crippen LogP contribution is 2.12. The highest BCUT2D eigenvalue weighted by Gasteiger charge is 2.29. The molecule has 8 nitrogen and oxygen atoms in total. The molecule has 1 saturated heterocycles. The Morgan fingerprint density at radius 2 is 2.05 bits per heavy atom. The van der Waals surface area contributed by atoms with Gasteiger partial charge in [-0.15, -0.1) is 0 Å². The van der Waals surface area contributed by atoms with Crippen molar-refractivity contribution in [2.45, 2.75) is 38.3 Å². The summed E-state index contributed by atoms with van der Waals surface area (Å²) in [5, 5.41) is 11.4. The number of urea groups is 1. The highest BCUT2D eigenvalue weighted by atomic mass is 16.4. The van der Waals surface area contributed by atoms with Crippen molar-refractivity contribution in [3.63, 3.8) is 0 Å². The van der Waals surface area contributed by atoms with Gasteiger partial charge in [0, 0.05) is 19.1 Å². The van der Waals surface area contributed by atoms with Crippen molar-refractivity contribution in [1.29, 1.82) is 0 Å². The van der Waals surface area contributed by atoms with Crippen LogP contribution in [-0.4, -0.2) is 71.6 Å². The lowest BCUT2D eigenvalue weighted by atomic mass is 10.2. The van der Waals surface area contributed by atoms with Gasteiger partial charge in [-0.2, -0.15) is 0 Å². The molecule has 1 fully saturated rings. The zero-order valence-corrected chi connectivity index (χ0v) is 12.5. The van der Waals surface area contributed by atoms with Gasteiger partial charge in [0.25, 0.3) is 0 Å². The number of nitrogens with zero attached hydrogens (tertiary/aromatic N) is 2. The van der Waals surface area contributed by atoms with Gasteiger partial charge in [-0.1, -0.05) is 6.92 Å². The number of nitrogens with two attached hydrogens (primary N) is 1. The lowest BCUT2D eigenvalue weighted by Gasteiger charge is -2.31. The number of primary amides is 1. The monoisotopic (exact) mass is 300 g/mol. The Bertz CT molecular complexity index is 402. The quantitative estimate of drug-likeness (QED) is 0.629. The minimum absolute atomic E-state index is 0.0283. The van der Waals surface area contributed by atoms with Gasteiger partial charge in [0.1, 0.15) is 6.04 Å². The van der Waals surface area contributed by atoms with Crippen molar-refractivity contribution in [2.75, 3.05) is 26.7 Å². The fraction of sp³-hybridized carbons (Fsp3) is 0.769. The largest absolute Gasteiger partial charge is 0.480 e. The van der Waals surface area contributed by atoms with Crippen LogP contribution in [-0.2, 0) is 9.59 Å². The standard InChI is InChI=1S/C13H24N4O4/c1-3-9-8-16(2)5-4-6-17(9)13(21)15-10(12(19)20)7-11(14)18/h9-10H,3-8H2,1-2H3,(H2,14,18)(H,15,21)(H,19,20)/t9?,10-/m0/s1. The van der Waals surface area contributed by atoms with E-state index in [1.807, 2.05) is 14.0 Å². The van der Waals surface area contributed by atoms with E-state index in [0.717, 1.165) is 25.9 Å². The van der Waals surface area contributed by atoms with Crippen LogP contribution in [0.15, 0.2) is 0 Å². The summed E-state index contributed by atoms with van der Waals surface area (Å²) in [6.45, 7) is 4.20. The summed E-state index contributed by atoms with van der Waals surface area (Å²) < 4.78 is 0. The lowest BCUT2D eigenvalue weighted by molar-refractivity contribution is -0.141. The number of carboxylic acid groups (broad SMARTS) is 1. The number of likely N-dealkylation sites (N-methyl/N-ethyl adjacent to an activating group) is 1. The molecule has 2 atom stereocenters. The van der Waals surface area contributed by atoms with Crippen LogP contribution in [0.25, 0.3) is 0 Å². The second-order valence-electron chi connectivity index (χ2n) is 5.38. The molecule has 1 unspecified atom stereocenters. The molecular formula is C13H24N4O4. The van der Waals surface area contributed by atoms with Crippen LogP contribution in [0.4, 0.5) is 4.79 Å². The van der Waals surface area contributed by atoms with Gasteiger partial charge in [-0.05, 0) is 26.4 Å². The normalized spacial score (nSPS) is 21.4. The molecule has 0 radical (unpaired) electrons. The summed E-state index contributed by atoms with van der Waals surface area (Å²) in [4.78, 5) is 38.1. The lowest BCUT2D eigenvalue weighted by Crippen LogP contribution is -2.53. The smallest absolute Gasteiger partial charge is 0.326 e. The van der Waals surface area contributed by atoms with Crippen molar-refractivity contribution >= 4 is 17.9 Å². The summed E-state index contributed by atoms with van der Waals surface area (Å²) in [6, 6.07) is -1.71. The van der Waals surface area contributed by atoms with E-state index in [0.29, 0.717) is 6.54 Å². The molecule has 1 heterocycles. The second-order valence-corrected chi connectivity index (χ2v) is 5.38. The first-order valence-electron chi connectivity index (χ1n) is 7.12. The third-order valence-electron chi connectivity index (χ3n) is 3.64. The molecule has 21 heavy (non-hydrogen) atoms. The summed E-state index contributed by atoms with van der Waals surface area (Å²) in [5.41, 5.74) is 5.01. The number of nitrogens with one attached hydrogen (secondary N) is 1. The Morgan fingerprint density at radius 1 is 1.38 bits per heavy atom. The van der Waals surface area contributed by atoms with E-state index >= 15 is 0 Å². The van der Waals surface area contributed by atoms with Crippen LogP contribution in [0, 0.1) is 0 Å². The third-order valence-corrected chi connectivity index (χ3v) is 3.64. The number of carboxylic acids is 1. The first-order valence-corrected chi connectivity index (χ1v) is 7.12. The predicted octanol–water partition coefficient (Wildman–Crippen LogP) is -0.559. The van der Waals surface area contributed by atoms with E-state index in [1.165, 1.54) is 0 Å². The molecule has 120 valence electrons. The molecule has 1 aliphatic rings. The van der Waals surface area contributed by atoms with Crippen molar-refractivity contribution < 1.29 is 19.5 Å². The van der Waals surface area contributed by atoms with E-state index < -0.39 is 30.4 Å². The Kier molecular flexibility index (Phi) is 6.41. The van der Waals surface area contributed by atoms with E-state index in [4.69, 9.17) is 10.8 Å². The minimum Gasteiger partial charge on any atom is -0.480 e. The average Bonchev–Trinajstić information content (AvgIpc) is 2.58. The van der Waals surface area contributed by atoms with E-state index in [1.54, 1.807) is 4.90 Å². The molecule has 8 heteroatoms. The fourth-order valence-electron chi connectivity index (χ4n) is 2.49.